The van der Waals surface area contributed by atoms with Gasteiger partial charge in [-0.05, 0) is 52.7 Å². The average molecular weight is 362 g/mol. The molecule has 2 aromatic rings. The summed E-state index contributed by atoms with van der Waals surface area (Å²) >= 11 is 2.97. The Balaban J connectivity index is 2.44. The lowest BCUT2D eigenvalue weighted by molar-refractivity contribution is 0.570. The van der Waals surface area contributed by atoms with Crippen LogP contribution in [-0.2, 0) is 10.0 Å². The van der Waals surface area contributed by atoms with Crippen molar-refractivity contribution < 1.29 is 17.2 Å². The van der Waals surface area contributed by atoms with Crippen molar-refractivity contribution in [1.29, 1.82) is 0 Å². The molecule has 7 heteroatoms. The Morgan fingerprint density at radius 3 is 2.40 bits per heavy atom. The molecule has 1 N–H and O–H groups in total. The molecule has 106 valence electrons. The Hall–Kier alpha value is -1.47. The van der Waals surface area contributed by atoms with Crippen molar-refractivity contribution in [2.75, 3.05) is 4.72 Å². The molecule has 0 radical (unpaired) electrons. The second kappa shape index (κ2) is 5.49. The van der Waals surface area contributed by atoms with E-state index in [9.17, 15) is 17.2 Å². The van der Waals surface area contributed by atoms with E-state index in [2.05, 4.69) is 20.7 Å². The summed E-state index contributed by atoms with van der Waals surface area (Å²) in [5.41, 5.74) is 0.576. The van der Waals surface area contributed by atoms with Crippen molar-refractivity contribution in [3.05, 3.63) is 58.1 Å². The van der Waals surface area contributed by atoms with E-state index in [0.29, 0.717) is 5.56 Å². The fourth-order valence-electron chi connectivity index (χ4n) is 1.62. The van der Waals surface area contributed by atoms with Crippen LogP contribution >= 0.6 is 15.9 Å². The van der Waals surface area contributed by atoms with Gasteiger partial charge in [-0.1, -0.05) is 12.1 Å². The van der Waals surface area contributed by atoms with Gasteiger partial charge in [-0.25, -0.2) is 17.2 Å². The van der Waals surface area contributed by atoms with Crippen molar-refractivity contribution in [2.24, 2.45) is 0 Å². The largest absolute Gasteiger partial charge is 0.279 e. The van der Waals surface area contributed by atoms with Crippen LogP contribution in [0.4, 0.5) is 14.5 Å². The third-order valence-corrected chi connectivity index (χ3v) is 4.64. The van der Waals surface area contributed by atoms with Crippen LogP contribution in [0, 0.1) is 18.6 Å². The van der Waals surface area contributed by atoms with Gasteiger partial charge in [0.1, 0.15) is 16.5 Å². The normalized spacial score (nSPS) is 11.4. The van der Waals surface area contributed by atoms with E-state index >= 15 is 0 Å². The van der Waals surface area contributed by atoms with Gasteiger partial charge in [0, 0.05) is 0 Å². The minimum absolute atomic E-state index is 0.120. The van der Waals surface area contributed by atoms with Crippen molar-refractivity contribution >= 4 is 31.6 Å². The molecular formula is C13H10BrF2NO2S. The number of sulfonamides is 1. The summed E-state index contributed by atoms with van der Waals surface area (Å²) in [6.07, 6.45) is 0. The monoisotopic (exact) mass is 361 g/mol. The molecule has 0 unspecified atom stereocenters. The lowest BCUT2D eigenvalue weighted by atomic mass is 10.2. The molecule has 20 heavy (non-hydrogen) atoms. The average Bonchev–Trinajstić information content (AvgIpc) is 2.36. The lowest BCUT2D eigenvalue weighted by Gasteiger charge is -2.12. The summed E-state index contributed by atoms with van der Waals surface area (Å²) in [7, 11) is -4.06. The van der Waals surface area contributed by atoms with Crippen molar-refractivity contribution in [3.8, 4) is 0 Å². The maximum atomic E-state index is 13.5. The molecule has 2 rings (SSSR count). The first-order chi connectivity index (χ1) is 9.31. The lowest BCUT2D eigenvalue weighted by Crippen LogP contribution is -2.15. The Kier molecular flexibility index (Phi) is 4.10. The Morgan fingerprint density at radius 1 is 1.10 bits per heavy atom. The number of halogens is 3. The smallest absolute Gasteiger partial charge is 0.264 e. The SMILES string of the molecule is Cc1cc(F)c(Br)cc1NS(=O)(=O)c1ccccc1F. The number of anilines is 1. The number of nitrogens with one attached hydrogen (secondary N) is 1. The van der Waals surface area contributed by atoms with E-state index in [4.69, 9.17) is 0 Å². The van der Waals surface area contributed by atoms with E-state index in [1.165, 1.54) is 24.3 Å². The van der Waals surface area contributed by atoms with Gasteiger partial charge in [0.25, 0.3) is 10.0 Å². The van der Waals surface area contributed by atoms with Crippen LogP contribution < -0.4 is 4.72 Å². The zero-order valence-electron chi connectivity index (χ0n) is 10.3. The predicted octanol–water partition coefficient (Wildman–Crippen LogP) is 3.84. The molecule has 2 aromatic carbocycles. The highest BCUT2D eigenvalue weighted by Crippen LogP contribution is 2.26. The quantitative estimate of drug-likeness (QED) is 0.902. The first-order valence-corrected chi connectivity index (χ1v) is 7.82. The first-order valence-electron chi connectivity index (χ1n) is 5.54. The fourth-order valence-corrected chi connectivity index (χ4v) is 3.16. The number of hydrogen-bond acceptors (Lipinski definition) is 2. The number of rotatable bonds is 3. The molecule has 0 atom stereocenters. The van der Waals surface area contributed by atoms with Crippen LogP contribution in [0.1, 0.15) is 5.56 Å². The molecule has 0 fully saturated rings. The minimum atomic E-state index is -4.06. The van der Waals surface area contributed by atoms with Gasteiger partial charge in [-0.15, -0.1) is 0 Å². The minimum Gasteiger partial charge on any atom is -0.279 e. The summed E-state index contributed by atoms with van der Waals surface area (Å²) in [6.45, 7) is 1.55. The van der Waals surface area contributed by atoms with Gasteiger partial charge in [0.05, 0.1) is 10.2 Å². The van der Waals surface area contributed by atoms with Gasteiger partial charge in [0.2, 0.25) is 0 Å². The number of benzene rings is 2. The molecule has 0 aliphatic rings. The van der Waals surface area contributed by atoms with E-state index in [-0.39, 0.29) is 10.2 Å². The van der Waals surface area contributed by atoms with E-state index in [1.807, 2.05) is 0 Å². The second-order valence-corrected chi connectivity index (χ2v) is 6.62. The van der Waals surface area contributed by atoms with E-state index < -0.39 is 26.6 Å². The topological polar surface area (TPSA) is 46.2 Å². The van der Waals surface area contributed by atoms with E-state index in [1.54, 1.807) is 6.92 Å². The van der Waals surface area contributed by atoms with Crippen LogP contribution in [0.3, 0.4) is 0 Å². The molecule has 0 saturated heterocycles. The molecular weight excluding hydrogens is 352 g/mol. The van der Waals surface area contributed by atoms with Gasteiger partial charge in [0.15, 0.2) is 0 Å². The molecule has 0 heterocycles. The Bertz CT molecular complexity index is 763. The molecule has 0 spiro atoms. The van der Waals surface area contributed by atoms with Crippen LogP contribution in [0.25, 0.3) is 0 Å². The highest BCUT2D eigenvalue weighted by atomic mass is 79.9. The molecule has 0 saturated carbocycles. The summed E-state index contributed by atoms with van der Waals surface area (Å²) in [6, 6.07) is 7.51. The van der Waals surface area contributed by atoms with Crippen LogP contribution in [0.2, 0.25) is 0 Å². The van der Waals surface area contributed by atoms with Crippen LogP contribution in [0.5, 0.6) is 0 Å². The second-order valence-electron chi connectivity index (χ2n) is 4.12. The number of hydrogen-bond donors (Lipinski definition) is 1. The van der Waals surface area contributed by atoms with Crippen molar-refractivity contribution in [1.82, 2.24) is 0 Å². The van der Waals surface area contributed by atoms with Crippen molar-refractivity contribution in [2.45, 2.75) is 11.8 Å². The molecule has 0 amide bonds. The van der Waals surface area contributed by atoms with Gasteiger partial charge in [-0.3, -0.25) is 4.72 Å². The van der Waals surface area contributed by atoms with Crippen molar-refractivity contribution in [3.63, 3.8) is 0 Å². The van der Waals surface area contributed by atoms with Crippen LogP contribution in [-0.4, -0.2) is 8.42 Å². The third kappa shape index (κ3) is 2.99. The maximum Gasteiger partial charge on any atom is 0.264 e. The summed E-state index contributed by atoms with van der Waals surface area (Å²) < 4.78 is 53.4. The molecule has 0 aliphatic heterocycles. The molecule has 0 aliphatic carbocycles. The molecule has 0 bridgehead atoms. The Morgan fingerprint density at radius 2 is 1.75 bits per heavy atom. The Labute approximate surface area is 123 Å². The van der Waals surface area contributed by atoms with E-state index in [0.717, 1.165) is 12.1 Å². The standard InChI is InChI=1S/C13H10BrF2NO2S/c1-8-6-11(16)9(14)7-12(8)17-20(18,19)13-5-3-2-4-10(13)15/h2-7,17H,1H3. The van der Waals surface area contributed by atoms with Gasteiger partial charge < -0.3 is 0 Å². The summed E-state index contributed by atoms with van der Waals surface area (Å²) in [5, 5.41) is 0. The maximum absolute atomic E-state index is 13.5. The summed E-state index contributed by atoms with van der Waals surface area (Å²) in [4.78, 5) is -0.458. The first kappa shape index (κ1) is 14.9. The molecule has 0 aromatic heterocycles. The molecule has 3 nitrogen and oxygen atoms in total. The highest BCUT2D eigenvalue weighted by molar-refractivity contribution is 9.10. The zero-order valence-corrected chi connectivity index (χ0v) is 12.7. The highest BCUT2D eigenvalue weighted by Gasteiger charge is 2.19. The zero-order chi connectivity index (χ0) is 14.9. The third-order valence-electron chi connectivity index (χ3n) is 2.64. The van der Waals surface area contributed by atoms with Gasteiger partial charge >= 0.3 is 0 Å². The van der Waals surface area contributed by atoms with Crippen LogP contribution in [0.15, 0.2) is 45.8 Å². The predicted molar refractivity (Wildman–Crippen MR) is 76.0 cm³/mol. The van der Waals surface area contributed by atoms with Gasteiger partial charge in [-0.2, -0.15) is 0 Å². The fraction of sp³-hybridized carbons (Fsp3) is 0.0769. The summed E-state index contributed by atoms with van der Waals surface area (Å²) in [5.74, 6) is -1.35. The number of aryl methyl sites for hydroxylation is 1.